The van der Waals surface area contributed by atoms with Crippen molar-refractivity contribution in [1.82, 2.24) is 4.90 Å². The molecule has 28 heavy (non-hydrogen) atoms. The topological polar surface area (TPSA) is 95.8 Å². The first-order valence-electron chi connectivity index (χ1n) is 9.02. The van der Waals surface area contributed by atoms with Crippen LogP contribution >= 0.6 is 0 Å². The number of ketones is 1. The number of rotatable bonds is 5. The minimum absolute atomic E-state index is 0.0800. The molecular formula is C20H22N4O4. The Labute approximate surface area is 162 Å². The monoisotopic (exact) mass is 382 g/mol. The zero-order valence-electron chi connectivity index (χ0n) is 15.8. The van der Waals surface area contributed by atoms with E-state index in [1.807, 2.05) is 29.2 Å². The molecule has 1 heterocycles. The first kappa shape index (κ1) is 19.3. The van der Waals surface area contributed by atoms with E-state index in [-0.39, 0.29) is 17.4 Å². The van der Waals surface area contributed by atoms with Crippen molar-refractivity contribution in [3.05, 3.63) is 58.1 Å². The Morgan fingerprint density at radius 2 is 1.75 bits per heavy atom. The molecule has 0 aromatic heterocycles. The quantitative estimate of drug-likeness (QED) is 0.485. The lowest BCUT2D eigenvalue weighted by Gasteiger charge is -2.35. The van der Waals surface area contributed by atoms with Gasteiger partial charge in [0, 0.05) is 56.1 Å². The van der Waals surface area contributed by atoms with Crippen molar-refractivity contribution in [3.8, 4) is 0 Å². The summed E-state index contributed by atoms with van der Waals surface area (Å²) >= 11 is 0. The molecule has 3 rings (SSSR count). The van der Waals surface area contributed by atoms with Crippen molar-refractivity contribution in [3.63, 3.8) is 0 Å². The molecule has 1 amide bonds. The lowest BCUT2D eigenvalue weighted by Crippen LogP contribution is -2.48. The molecule has 8 nitrogen and oxygen atoms in total. The number of nitro groups is 1. The molecule has 0 saturated carbocycles. The highest BCUT2D eigenvalue weighted by molar-refractivity contribution is 5.95. The number of anilines is 3. The molecule has 0 unspecified atom stereocenters. The number of Topliss-reactive ketones (excluding diaryl/α,β-unsaturated/α-hetero) is 1. The van der Waals surface area contributed by atoms with Gasteiger partial charge in [-0.15, -0.1) is 0 Å². The minimum atomic E-state index is -0.500. The summed E-state index contributed by atoms with van der Waals surface area (Å²) in [5.74, 6) is -0.141. The molecule has 2 aromatic rings. The molecule has 2 aromatic carbocycles. The van der Waals surface area contributed by atoms with Crippen molar-refractivity contribution in [2.45, 2.75) is 13.8 Å². The maximum atomic E-state index is 11.5. The van der Waals surface area contributed by atoms with E-state index < -0.39 is 4.92 Å². The second-order valence-corrected chi connectivity index (χ2v) is 6.71. The average molecular weight is 382 g/mol. The number of benzene rings is 2. The van der Waals surface area contributed by atoms with E-state index in [0.29, 0.717) is 30.0 Å². The van der Waals surface area contributed by atoms with Crippen LogP contribution in [-0.4, -0.2) is 47.7 Å². The third-order valence-electron chi connectivity index (χ3n) is 4.82. The van der Waals surface area contributed by atoms with Gasteiger partial charge in [-0.2, -0.15) is 0 Å². The van der Waals surface area contributed by atoms with Crippen LogP contribution in [0.5, 0.6) is 0 Å². The molecule has 0 spiro atoms. The number of nitrogens with one attached hydrogen (secondary N) is 1. The normalized spacial score (nSPS) is 13.9. The first-order valence-corrected chi connectivity index (χ1v) is 9.02. The molecule has 1 aliphatic heterocycles. The summed E-state index contributed by atoms with van der Waals surface area (Å²) in [6, 6.07) is 12.0. The summed E-state index contributed by atoms with van der Waals surface area (Å²) in [6.45, 7) is 5.76. The number of carbonyl (C=O) groups excluding carboxylic acids is 2. The van der Waals surface area contributed by atoms with E-state index in [0.717, 1.165) is 18.8 Å². The van der Waals surface area contributed by atoms with Gasteiger partial charge in [0.15, 0.2) is 5.78 Å². The largest absolute Gasteiger partial charge is 0.368 e. The second-order valence-electron chi connectivity index (χ2n) is 6.71. The van der Waals surface area contributed by atoms with E-state index in [4.69, 9.17) is 0 Å². The molecule has 0 bridgehead atoms. The maximum absolute atomic E-state index is 11.5. The standard InChI is InChI=1S/C20H22N4O4/c1-14(25)16-6-7-19(20(12-16)24(27)28)21-17-4-3-5-18(13-17)23-10-8-22(9-11-23)15(2)26/h3-7,12-13,21H,8-11H2,1-2H3. The smallest absolute Gasteiger partial charge is 0.293 e. The zero-order chi connectivity index (χ0) is 20.3. The van der Waals surface area contributed by atoms with E-state index >= 15 is 0 Å². The van der Waals surface area contributed by atoms with Gasteiger partial charge in [-0.25, -0.2) is 0 Å². The number of carbonyl (C=O) groups is 2. The molecule has 8 heteroatoms. The maximum Gasteiger partial charge on any atom is 0.293 e. The van der Waals surface area contributed by atoms with Gasteiger partial charge in [0.1, 0.15) is 5.69 Å². The molecule has 0 aliphatic carbocycles. The summed E-state index contributed by atoms with van der Waals surface area (Å²) in [5, 5.41) is 14.5. The van der Waals surface area contributed by atoms with Crippen LogP contribution in [-0.2, 0) is 4.79 Å². The first-order chi connectivity index (χ1) is 13.3. The fraction of sp³-hybridized carbons (Fsp3) is 0.300. The lowest BCUT2D eigenvalue weighted by atomic mass is 10.1. The van der Waals surface area contributed by atoms with E-state index in [1.165, 1.54) is 13.0 Å². The van der Waals surface area contributed by atoms with Gasteiger partial charge in [-0.05, 0) is 37.3 Å². The van der Waals surface area contributed by atoms with Gasteiger partial charge >= 0.3 is 0 Å². The molecule has 0 atom stereocenters. The Bertz CT molecular complexity index is 920. The highest BCUT2D eigenvalue weighted by Crippen LogP contribution is 2.30. The Kier molecular flexibility index (Phi) is 5.58. The Balaban J connectivity index is 1.79. The average Bonchev–Trinajstić information content (AvgIpc) is 2.68. The Morgan fingerprint density at radius 3 is 2.36 bits per heavy atom. The van der Waals surface area contributed by atoms with Crippen molar-refractivity contribution in [2.75, 3.05) is 36.4 Å². The van der Waals surface area contributed by atoms with Gasteiger partial charge < -0.3 is 15.1 Å². The van der Waals surface area contributed by atoms with Crippen LogP contribution in [0.4, 0.5) is 22.7 Å². The number of amides is 1. The summed E-state index contributed by atoms with van der Waals surface area (Å²) in [5.41, 5.74) is 2.18. The third-order valence-corrected chi connectivity index (χ3v) is 4.82. The number of nitro benzene ring substituents is 1. The summed E-state index contributed by atoms with van der Waals surface area (Å²) < 4.78 is 0. The summed E-state index contributed by atoms with van der Waals surface area (Å²) in [7, 11) is 0. The van der Waals surface area contributed by atoms with Gasteiger partial charge in [0.25, 0.3) is 5.69 Å². The third kappa shape index (κ3) is 4.28. The fourth-order valence-corrected chi connectivity index (χ4v) is 3.22. The number of hydrogen-bond acceptors (Lipinski definition) is 6. The second kappa shape index (κ2) is 8.08. The van der Waals surface area contributed by atoms with Crippen LogP contribution in [0.15, 0.2) is 42.5 Å². The predicted octanol–water partition coefficient (Wildman–Crippen LogP) is 3.21. The SMILES string of the molecule is CC(=O)c1ccc(Nc2cccc(N3CCN(C(C)=O)CC3)c2)c([N+](=O)[O-])c1. The van der Waals surface area contributed by atoms with Crippen molar-refractivity contribution in [1.29, 1.82) is 0 Å². The molecule has 146 valence electrons. The van der Waals surface area contributed by atoms with E-state index in [1.54, 1.807) is 19.1 Å². The van der Waals surface area contributed by atoms with E-state index in [2.05, 4.69) is 10.2 Å². The lowest BCUT2D eigenvalue weighted by molar-refractivity contribution is -0.383. The van der Waals surface area contributed by atoms with Crippen LogP contribution in [0.3, 0.4) is 0 Å². The summed E-state index contributed by atoms with van der Waals surface area (Å²) in [6.07, 6.45) is 0. The number of nitrogens with zero attached hydrogens (tertiary/aromatic N) is 3. The molecule has 0 radical (unpaired) electrons. The van der Waals surface area contributed by atoms with Crippen LogP contribution in [0, 0.1) is 10.1 Å². The fourth-order valence-electron chi connectivity index (χ4n) is 3.22. The van der Waals surface area contributed by atoms with Gasteiger partial charge in [0.05, 0.1) is 4.92 Å². The Hall–Kier alpha value is -3.42. The van der Waals surface area contributed by atoms with Crippen molar-refractivity contribution in [2.24, 2.45) is 0 Å². The highest BCUT2D eigenvalue weighted by atomic mass is 16.6. The predicted molar refractivity (Wildman–Crippen MR) is 107 cm³/mol. The van der Waals surface area contributed by atoms with Crippen LogP contribution < -0.4 is 10.2 Å². The molecule has 1 N–H and O–H groups in total. The highest BCUT2D eigenvalue weighted by Gasteiger charge is 2.20. The molecule has 1 aliphatic rings. The van der Waals surface area contributed by atoms with Crippen LogP contribution in [0.25, 0.3) is 0 Å². The summed E-state index contributed by atoms with van der Waals surface area (Å²) in [4.78, 5) is 37.9. The van der Waals surface area contributed by atoms with Gasteiger partial charge in [-0.3, -0.25) is 19.7 Å². The zero-order valence-corrected chi connectivity index (χ0v) is 15.8. The van der Waals surface area contributed by atoms with Gasteiger partial charge in [0.2, 0.25) is 5.91 Å². The Morgan fingerprint density at radius 1 is 1.04 bits per heavy atom. The van der Waals surface area contributed by atoms with E-state index in [9.17, 15) is 19.7 Å². The molecule has 1 saturated heterocycles. The molecule has 1 fully saturated rings. The van der Waals surface area contributed by atoms with Crippen molar-refractivity contribution < 1.29 is 14.5 Å². The van der Waals surface area contributed by atoms with Crippen LogP contribution in [0.1, 0.15) is 24.2 Å². The van der Waals surface area contributed by atoms with Gasteiger partial charge in [-0.1, -0.05) is 6.07 Å². The van der Waals surface area contributed by atoms with Crippen LogP contribution in [0.2, 0.25) is 0 Å². The minimum Gasteiger partial charge on any atom is -0.368 e. The van der Waals surface area contributed by atoms with Crippen molar-refractivity contribution >= 4 is 34.4 Å². The molecular weight excluding hydrogens is 360 g/mol. The number of piperazine rings is 1. The number of hydrogen-bond donors (Lipinski definition) is 1.